The van der Waals surface area contributed by atoms with E-state index in [2.05, 4.69) is 20.9 Å². The number of nitrogens with zero attached hydrogens (tertiary/aromatic N) is 3. The van der Waals surface area contributed by atoms with Crippen LogP contribution < -0.4 is 4.90 Å². The number of hydrogen-bond acceptors (Lipinski definition) is 4. The van der Waals surface area contributed by atoms with Crippen molar-refractivity contribution in [2.24, 2.45) is 0 Å². The van der Waals surface area contributed by atoms with Crippen LogP contribution in [-0.4, -0.2) is 42.0 Å². The highest BCUT2D eigenvalue weighted by Crippen LogP contribution is 2.29. The molecule has 0 unspecified atom stereocenters. The molecule has 0 atom stereocenters. The number of alkyl halides is 3. The SMILES string of the molecule is O=C(c1ccc(Br)s1)N1CCN(c2ccc(C(F)(F)F)cn2)CC1. The molecule has 0 aromatic carbocycles. The first-order valence-corrected chi connectivity index (χ1v) is 8.78. The van der Waals surface area contributed by atoms with Gasteiger partial charge < -0.3 is 9.80 Å². The number of halogens is 4. The maximum absolute atomic E-state index is 12.6. The van der Waals surface area contributed by atoms with Gasteiger partial charge in [0.15, 0.2) is 0 Å². The molecule has 128 valence electrons. The number of hydrogen-bond donors (Lipinski definition) is 0. The van der Waals surface area contributed by atoms with Gasteiger partial charge in [0, 0.05) is 32.4 Å². The predicted molar refractivity (Wildman–Crippen MR) is 89.4 cm³/mol. The minimum Gasteiger partial charge on any atom is -0.353 e. The lowest BCUT2D eigenvalue weighted by Gasteiger charge is -2.35. The number of pyridine rings is 1. The zero-order chi connectivity index (χ0) is 17.3. The van der Waals surface area contributed by atoms with Crippen molar-refractivity contribution in [3.63, 3.8) is 0 Å². The van der Waals surface area contributed by atoms with Crippen LogP contribution in [0.15, 0.2) is 34.2 Å². The molecule has 2 aromatic heterocycles. The number of thiophene rings is 1. The van der Waals surface area contributed by atoms with Crippen LogP contribution in [0.5, 0.6) is 0 Å². The van der Waals surface area contributed by atoms with Gasteiger partial charge in [-0.3, -0.25) is 4.79 Å². The number of anilines is 1. The van der Waals surface area contributed by atoms with Crippen molar-refractivity contribution in [2.45, 2.75) is 6.18 Å². The van der Waals surface area contributed by atoms with E-state index in [4.69, 9.17) is 0 Å². The highest BCUT2D eigenvalue weighted by Gasteiger charge is 2.31. The molecule has 2 aromatic rings. The molecule has 1 aliphatic rings. The molecule has 1 aliphatic heterocycles. The highest BCUT2D eigenvalue weighted by atomic mass is 79.9. The minimum absolute atomic E-state index is 0.0225. The Kier molecular flexibility index (Phi) is 4.82. The summed E-state index contributed by atoms with van der Waals surface area (Å²) < 4.78 is 38.6. The van der Waals surface area contributed by atoms with Gasteiger partial charge in [-0.05, 0) is 40.2 Å². The standard InChI is InChI=1S/C15H13BrF3N3OS/c16-12-3-2-11(24-12)14(23)22-7-5-21(6-8-22)13-4-1-10(9-20-13)15(17,18)19/h1-4,9H,5-8H2. The molecule has 1 fully saturated rings. The second kappa shape index (κ2) is 6.72. The van der Waals surface area contributed by atoms with Crippen LogP contribution in [0.25, 0.3) is 0 Å². The zero-order valence-corrected chi connectivity index (χ0v) is 14.8. The summed E-state index contributed by atoms with van der Waals surface area (Å²) in [5.41, 5.74) is -0.761. The maximum Gasteiger partial charge on any atom is 0.417 e. The summed E-state index contributed by atoms with van der Waals surface area (Å²) in [7, 11) is 0. The van der Waals surface area contributed by atoms with Gasteiger partial charge in [-0.25, -0.2) is 4.98 Å². The van der Waals surface area contributed by atoms with Gasteiger partial charge in [-0.15, -0.1) is 11.3 Å². The Morgan fingerprint density at radius 1 is 1.12 bits per heavy atom. The van der Waals surface area contributed by atoms with Crippen LogP contribution in [0.3, 0.4) is 0 Å². The molecular formula is C15H13BrF3N3OS. The Morgan fingerprint density at radius 2 is 1.83 bits per heavy atom. The highest BCUT2D eigenvalue weighted by molar-refractivity contribution is 9.11. The van der Waals surface area contributed by atoms with Crippen molar-refractivity contribution >= 4 is 39.0 Å². The molecule has 1 saturated heterocycles. The third kappa shape index (κ3) is 3.72. The number of rotatable bonds is 2. The van der Waals surface area contributed by atoms with E-state index in [9.17, 15) is 18.0 Å². The first kappa shape index (κ1) is 17.2. The lowest BCUT2D eigenvalue weighted by Crippen LogP contribution is -2.48. The van der Waals surface area contributed by atoms with Crippen molar-refractivity contribution in [2.75, 3.05) is 31.1 Å². The molecule has 4 nitrogen and oxygen atoms in total. The fraction of sp³-hybridized carbons (Fsp3) is 0.333. The van der Waals surface area contributed by atoms with Gasteiger partial charge >= 0.3 is 6.18 Å². The zero-order valence-electron chi connectivity index (χ0n) is 12.4. The van der Waals surface area contributed by atoms with E-state index in [0.717, 1.165) is 16.0 Å². The lowest BCUT2D eigenvalue weighted by molar-refractivity contribution is -0.137. The molecule has 3 rings (SSSR count). The number of aromatic nitrogens is 1. The van der Waals surface area contributed by atoms with E-state index < -0.39 is 11.7 Å². The summed E-state index contributed by atoms with van der Waals surface area (Å²) in [5.74, 6) is 0.472. The predicted octanol–water partition coefficient (Wildman–Crippen LogP) is 3.89. The smallest absolute Gasteiger partial charge is 0.353 e. The third-order valence-electron chi connectivity index (χ3n) is 3.75. The number of amides is 1. The van der Waals surface area contributed by atoms with Crippen LogP contribution in [0.2, 0.25) is 0 Å². The minimum atomic E-state index is -4.38. The van der Waals surface area contributed by atoms with Crippen molar-refractivity contribution in [3.8, 4) is 0 Å². The average molecular weight is 420 g/mol. The lowest BCUT2D eigenvalue weighted by atomic mass is 10.2. The molecule has 0 bridgehead atoms. The first-order chi connectivity index (χ1) is 11.3. The van der Waals surface area contributed by atoms with Gasteiger partial charge in [0.25, 0.3) is 5.91 Å². The van der Waals surface area contributed by atoms with Crippen LogP contribution in [-0.2, 0) is 6.18 Å². The van der Waals surface area contributed by atoms with Crippen molar-refractivity contribution < 1.29 is 18.0 Å². The van der Waals surface area contributed by atoms with Gasteiger partial charge in [-0.2, -0.15) is 13.2 Å². The van der Waals surface area contributed by atoms with Crippen LogP contribution in [0.1, 0.15) is 15.2 Å². The summed E-state index contributed by atoms with van der Waals surface area (Å²) in [6, 6.07) is 6.01. The van der Waals surface area contributed by atoms with E-state index in [1.165, 1.54) is 17.4 Å². The fourth-order valence-electron chi connectivity index (χ4n) is 2.46. The molecule has 3 heterocycles. The topological polar surface area (TPSA) is 36.4 Å². The van der Waals surface area contributed by atoms with Crippen molar-refractivity contribution in [1.29, 1.82) is 0 Å². The summed E-state index contributed by atoms with van der Waals surface area (Å²) in [6.07, 6.45) is -3.54. The van der Waals surface area contributed by atoms with Crippen LogP contribution >= 0.6 is 27.3 Å². The Bertz CT molecular complexity index is 724. The molecular weight excluding hydrogens is 407 g/mol. The quantitative estimate of drug-likeness (QED) is 0.740. The Hall–Kier alpha value is -1.61. The largest absolute Gasteiger partial charge is 0.417 e. The number of carbonyl (C=O) groups is 1. The summed E-state index contributed by atoms with van der Waals surface area (Å²) >= 11 is 4.72. The molecule has 0 spiro atoms. The van der Waals surface area contributed by atoms with Gasteiger partial charge in [0.2, 0.25) is 0 Å². The molecule has 0 radical (unpaired) electrons. The fourth-order valence-corrected chi connectivity index (χ4v) is 3.82. The van der Waals surface area contributed by atoms with Crippen LogP contribution in [0.4, 0.5) is 19.0 Å². The van der Waals surface area contributed by atoms with E-state index in [1.54, 1.807) is 11.0 Å². The molecule has 0 saturated carbocycles. The Balaban J connectivity index is 1.61. The van der Waals surface area contributed by atoms with E-state index in [-0.39, 0.29) is 5.91 Å². The second-order valence-electron chi connectivity index (χ2n) is 5.29. The molecule has 24 heavy (non-hydrogen) atoms. The maximum atomic E-state index is 12.6. The van der Waals surface area contributed by atoms with E-state index in [1.807, 2.05) is 11.0 Å². The summed E-state index contributed by atoms with van der Waals surface area (Å²) in [4.78, 5) is 20.6. The summed E-state index contributed by atoms with van der Waals surface area (Å²) in [5, 5.41) is 0. The second-order valence-corrected chi connectivity index (χ2v) is 7.75. The van der Waals surface area contributed by atoms with Crippen molar-refractivity contribution in [3.05, 3.63) is 44.7 Å². The Morgan fingerprint density at radius 3 is 2.33 bits per heavy atom. The van der Waals surface area contributed by atoms with Crippen LogP contribution in [0, 0.1) is 0 Å². The van der Waals surface area contributed by atoms with Gasteiger partial charge in [0.1, 0.15) is 5.82 Å². The molecule has 0 N–H and O–H groups in total. The molecule has 9 heteroatoms. The molecule has 1 amide bonds. The number of piperazine rings is 1. The van der Waals surface area contributed by atoms with Crippen molar-refractivity contribution in [1.82, 2.24) is 9.88 Å². The molecule has 0 aliphatic carbocycles. The third-order valence-corrected chi connectivity index (χ3v) is 5.36. The first-order valence-electron chi connectivity index (χ1n) is 7.17. The number of carbonyl (C=O) groups excluding carboxylic acids is 1. The normalized spacial score (nSPS) is 15.7. The van der Waals surface area contributed by atoms with E-state index in [0.29, 0.717) is 36.9 Å². The van der Waals surface area contributed by atoms with Gasteiger partial charge in [-0.1, -0.05) is 0 Å². The monoisotopic (exact) mass is 419 g/mol. The summed E-state index contributed by atoms with van der Waals surface area (Å²) in [6.45, 7) is 2.10. The van der Waals surface area contributed by atoms with Gasteiger partial charge in [0.05, 0.1) is 14.2 Å². The van der Waals surface area contributed by atoms with E-state index >= 15 is 0 Å². The average Bonchev–Trinajstić information content (AvgIpc) is 3.00. The Labute approximate surface area is 149 Å².